The molecule has 1 rings (SSSR count). The van der Waals surface area contributed by atoms with Crippen molar-refractivity contribution in [2.75, 3.05) is 26.2 Å². The van der Waals surface area contributed by atoms with Gasteiger partial charge in [0.15, 0.2) is 0 Å². The molecule has 58 valence electrons. The van der Waals surface area contributed by atoms with E-state index < -0.39 is 0 Å². The Kier molecular flexibility index (Phi) is 2.65. The van der Waals surface area contributed by atoms with Crippen molar-refractivity contribution in [2.45, 2.75) is 0 Å². The van der Waals surface area contributed by atoms with E-state index in [9.17, 15) is 4.79 Å². The van der Waals surface area contributed by atoms with Crippen molar-refractivity contribution in [2.24, 2.45) is 11.7 Å². The number of nitrogens with one attached hydrogen (secondary N) is 2. The lowest BCUT2D eigenvalue weighted by Gasteiger charge is -2.26. The second-order valence-corrected chi connectivity index (χ2v) is 2.53. The third kappa shape index (κ3) is 1.97. The van der Waals surface area contributed by atoms with Gasteiger partial charge in [-0.2, -0.15) is 0 Å². The van der Waals surface area contributed by atoms with Gasteiger partial charge in [0, 0.05) is 25.6 Å². The molecule has 4 nitrogen and oxygen atoms in total. The van der Waals surface area contributed by atoms with Crippen LogP contribution < -0.4 is 16.4 Å². The highest BCUT2D eigenvalue weighted by Gasteiger charge is 2.16. The quantitative estimate of drug-likeness (QED) is 0.440. The first-order chi connectivity index (χ1) is 4.83. The van der Waals surface area contributed by atoms with Gasteiger partial charge in [-0.1, -0.05) is 0 Å². The minimum Gasteiger partial charge on any atom is -0.355 e. The predicted molar refractivity (Wildman–Crippen MR) is 38.4 cm³/mol. The van der Waals surface area contributed by atoms with Crippen LogP contribution in [0.5, 0.6) is 0 Å². The zero-order valence-corrected chi connectivity index (χ0v) is 5.89. The predicted octanol–water partition coefficient (Wildman–Crippen LogP) is -1.72. The fourth-order valence-electron chi connectivity index (χ4n) is 0.823. The summed E-state index contributed by atoms with van der Waals surface area (Å²) >= 11 is 0. The van der Waals surface area contributed by atoms with Gasteiger partial charge in [0.1, 0.15) is 0 Å². The SMILES string of the molecule is NCC(=O)NCC1CNC1. The monoisotopic (exact) mass is 143 g/mol. The van der Waals surface area contributed by atoms with Crippen LogP contribution in [0.2, 0.25) is 0 Å². The molecule has 1 saturated heterocycles. The van der Waals surface area contributed by atoms with Gasteiger partial charge < -0.3 is 16.4 Å². The number of rotatable bonds is 3. The first-order valence-corrected chi connectivity index (χ1v) is 3.50. The highest BCUT2D eigenvalue weighted by molar-refractivity contribution is 5.77. The van der Waals surface area contributed by atoms with E-state index in [1.165, 1.54) is 0 Å². The summed E-state index contributed by atoms with van der Waals surface area (Å²) in [6, 6.07) is 0. The summed E-state index contributed by atoms with van der Waals surface area (Å²) in [6.07, 6.45) is 0. The Morgan fingerprint density at radius 3 is 2.80 bits per heavy atom. The van der Waals surface area contributed by atoms with Crippen molar-refractivity contribution in [3.05, 3.63) is 0 Å². The standard InChI is InChI=1S/C6H13N3O/c7-1-6(10)9-4-5-2-8-3-5/h5,8H,1-4,7H2,(H,9,10). The molecule has 1 fully saturated rings. The van der Waals surface area contributed by atoms with E-state index in [0.29, 0.717) is 5.92 Å². The molecular weight excluding hydrogens is 130 g/mol. The van der Waals surface area contributed by atoms with Gasteiger partial charge in [-0.25, -0.2) is 0 Å². The van der Waals surface area contributed by atoms with Gasteiger partial charge >= 0.3 is 0 Å². The topological polar surface area (TPSA) is 67.2 Å². The van der Waals surface area contributed by atoms with Crippen LogP contribution in [0.3, 0.4) is 0 Å². The van der Waals surface area contributed by atoms with Crippen molar-refractivity contribution in [1.29, 1.82) is 0 Å². The fourth-order valence-corrected chi connectivity index (χ4v) is 0.823. The number of carbonyl (C=O) groups is 1. The fraction of sp³-hybridized carbons (Fsp3) is 0.833. The minimum absolute atomic E-state index is 0.0631. The first-order valence-electron chi connectivity index (χ1n) is 3.50. The highest BCUT2D eigenvalue weighted by atomic mass is 16.1. The van der Waals surface area contributed by atoms with Gasteiger partial charge in [0.05, 0.1) is 6.54 Å². The Bertz CT molecular complexity index is 122. The van der Waals surface area contributed by atoms with Crippen LogP contribution in [0.15, 0.2) is 0 Å². The molecular formula is C6H13N3O. The largest absolute Gasteiger partial charge is 0.355 e. The molecule has 0 aromatic rings. The van der Waals surface area contributed by atoms with Crippen LogP contribution >= 0.6 is 0 Å². The Morgan fingerprint density at radius 2 is 2.40 bits per heavy atom. The van der Waals surface area contributed by atoms with E-state index in [4.69, 9.17) is 5.73 Å². The van der Waals surface area contributed by atoms with Crippen molar-refractivity contribution < 1.29 is 4.79 Å². The lowest BCUT2D eigenvalue weighted by atomic mass is 10.0. The summed E-state index contributed by atoms with van der Waals surface area (Å²) in [5.41, 5.74) is 5.09. The van der Waals surface area contributed by atoms with E-state index in [1.807, 2.05) is 0 Å². The van der Waals surface area contributed by atoms with Crippen LogP contribution in [0.1, 0.15) is 0 Å². The lowest BCUT2D eigenvalue weighted by molar-refractivity contribution is -0.119. The molecule has 0 spiro atoms. The molecule has 1 aliphatic heterocycles. The average Bonchev–Trinajstić information content (AvgIpc) is 1.84. The minimum atomic E-state index is -0.0631. The van der Waals surface area contributed by atoms with Crippen LogP contribution in [0.4, 0.5) is 0 Å². The number of hydrogen-bond donors (Lipinski definition) is 3. The summed E-state index contributed by atoms with van der Waals surface area (Å²) in [7, 11) is 0. The molecule has 0 saturated carbocycles. The number of amides is 1. The molecule has 4 heteroatoms. The number of nitrogens with two attached hydrogens (primary N) is 1. The van der Waals surface area contributed by atoms with Crippen molar-refractivity contribution >= 4 is 5.91 Å². The molecule has 10 heavy (non-hydrogen) atoms. The second-order valence-electron chi connectivity index (χ2n) is 2.53. The smallest absolute Gasteiger partial charge is 0.233 e. The summed E-state index contributed by atoms with van der Waals surface area (Å²) in [4.78, 5) is 10.6. The third-order valence-corrected chi connectivity index (χ3v) is 1.64. The van der Waals surface area contributed by atoms with E-state index in [0.717, 1.165) is 19.6 Å². The van der Waals surface area contributed by atoms with Crippen molar-refractivity contribution in [3.8, 4) is 0 Å². The summed E-state index contributed by atoms with van der Waals surface area (Å²) in [6.45, 7) is 2.90. The highest BCUT2D eigenvalue weighted by Crippen LogP contribution is 1.98. The molecule has 4 N–H and O–H groups in total. The van der Waals surface area contributed by atoms with Crippen molar-refractivity contribution in [3.63, 3.8) is 0 Å². The molecule has 0 radical (unpaired) electrons. The summed E-state index contributed by atoms with van der Waals surface area (Å²) in [5.74, 6) is 0.558. The average molecular weight is 143 g/mol. The third-order valence-electron chi connectivity index (χ3n) is 1.64. The van der Waals surface area contributed by atoms with Crippen molar-refractivity contribution in [1.82, 2.24) is 10.6 Å². The maximum absolute atomic E-state index is 10.6. The number of hydrogen-bond acceptors (Lipinski definition) is 3. The van der Waals surface area contributed by atoms with E-state index in [-0.39, 0.29) is 12.5 Å². The van der Waals surface area contributed by atoms with Gasteiger partial charge in [-0.3, -0.25) is 4.79 Å². The van der Waals surface area contributed by atoms with E-state index in [2.05, 4.69) is 10.6 Å². The first kappa shape index (κ1) is 7.50. The Balaban J connectivity index is 1.98. The molecule has 0 aromatic carbocycles. The Labute approximate surface area is 60.2 Å². The Hall–Kier alpha value is -0.610. The van der Waals surface area contributed by atoms with E-state index in [1.54, 1.807) is 0 Å². The lowest BCUT2D eigenvalue weighted by Crippen LogP contribution is -2.48. The van der Waals surface area contributed by atoms with Gasteiger partial charge in [-0.05, 0) is 0 Å². The molecule has 0 aliphatic carbocycles. The van der Waals surface area contributed by atoms with Crippen LogP contribution in [-0.4, -0.2) is 32.1 Å². The van der Waals surface area contributed by atoms with Gasteiger partial charge in [0.2, 0.25) is 5.91 Å². The molecule has 0 aromatic heterocycles. The summed E-state index contributed by atoms with van der Waals surface area (Å²) in [5, 5.41) is 5.85. The van der Waals surface area contributed by atoms with Crippen LogP contribution in [-0.2, 0) is 4.79 Å². The molecule has 0 bridgehead atoms. The second kappa shape index (κ2) is 3.53. The molecule has 0 atom stereocenters. The zero-order valence-electron chi connectivity index (χ0n) is 5.89. The molecule has 0 unspecified atom stereocenters. The molecule has 1 heterocycles. The Morgan fingerprint density at radius 1 is 1.70 bits per heavy atom. The summed E-state index contributed by atoms with van der Waals surface area (Å²) < 4.78 is 0. The van der Waals surface area contributed by atoms with Crippen LogP contribution in [0.25, 0.3) is 0 Å². The maximum Gasteiger partial charge on any atom is 0.233 e. The molecule has 1 amide bonds. The zero-order chi connectivity index (χ0) is 7.40. The van der Waals surface area contributed by atoms with Crippen LogP contribution in [0, 0.1) is 5.92 Å². The van der Waals surface area contributed by atoms with Gasteiger partial charge in [-0.15, -0.1) is 0 Å². The van der Waals surface area contributed by atoms with Gasteiger partial charge in [0.25, 0.3) is 0 Å². The number of carbonyl (C=O) groups excluding carboxylic acids is 1. The normalized spacial score (nSPS) is 18.1. The van der Waals surface area contributed by atoms with E-state index >= 15 is 0 Å². The maximum atomic E-state index is 10.6. The molecule has 1 aliphatic rings.